The number of nitrogens with one attached hydrogen (secondary N) is 1. The van der Waals surface area contributed by atoms with Gasteiger partial charge in [0.05, 0.1) is 22.7 Å². The molecule has 1 amide bonds. The Balaban J connectivity index is 1.70. The number of aryl methyl sites for hydroxylation is 1. The Hall–Kier alpha value is -2.75. The first-order valence-electron chi connectivity index (χ1n) is 10.9. The summed E-state index contributed by atoms with van der Waals surface area (Å²) in [5, 5.41) is 0. The van der Waals surface area contributed by atoms with Crippen molar-refractivity contribution in [2.75, 3.05) is 13.1 Å². The maximum atomic E-state index is 12.9. The van der Waals surface area contributed by atoms with Crippen LogP contribution in [-0.2, 0) is 30.8 Å². The zero-order valence-corrected chi connectivity index (χ0v) is 20.1. The molecule has 1 N–H and O–H groups in total. The van der Waals surface area contributed by atoms with Crippen LogP contribution in [0.15, 0.2) is 53.4 Å². The van der Waals surface area contributed by atoms with E-state index >= 15 is 0 Å². The van der Waals surface area contributed by atoms with Gasteiger partial charge in [0, 0.05) is 19.6 Å². The lowest BCUT2D eigenvalue weighted by Crippen LogP contribution is -2.51. The van der Waals surface area contributed by atoms with Crippen molar-refractivity contribution in [2.45, 2.75) is 57.4 Å². The van der Waals surface area contributed by atoms with Crippen LogP contribution in [0.1, 0.15) is 42.3 Å². The minimum absolute atomic E-state index is 0.0114. The maximum absolute atomic E-state index is 12.9. The lowest BCUT2D eigenvalue weighted by atomic mass is 10.1. The van der Waals surface area contributed by atoms with Gasteiger partial charge in [-0.2, -0.15) is 0 Å². The first-order chi connectivity index (χ1) is 15.6. The van der Waals surface area contributed by atoms with Crippen molar-refractivity contribution in [2.24, 2.45) is 0 Å². The molecule has 0 bridgehead atoms. The van der Waals surface area contributed by atoms with Crippen molar-refractivity contribution in [3.63, 3.8) is 0 Å². The Morgan fingerprint density at radius 3 is 2.39 bits per heavy atom. The summed E-state index contributed by atoms with van der Waals surface area (Å²) in [6.45, 7) is 7.90. The monoisotopic (exact) mass is 474 g/mol. The highest BCUT2D eigenvalue weighted by atomic mass is 32.2. The Bertz CT molecular complexity index is 1090. The van der Waals surface area contributed by atoms with Crippen LogP contribution in [0.3, 0.4) is 0 Å². The van der Waals surface area contributed by atoms with E-state index in [2.05, 4.69) is 4.72 Å². The largest absolute Gasteiger partial charge is 0.449 e. The molecule has 0 aromatic heterocycles. The Labute approximate surface area is 194 Å². The predicted octanol–water partition coefficient (Wildman–Crippen LogP) is 2.65. The third-order valence-corrected chi connectivity index (χ3v) is 6.93. The fourth-order valence-electron chi connectivity index (χ4n) is 3.76. The van der Waals surface area contributed by atoms with Gasteiger partial charge in [0.2, 0.25) is 10.0 Å². The highest BCUT2D eigenvalue weighted by Crippen LogP contribution is 2.19. The number of hydrogen-bond acceptors (Lipinski definition) is 6. The van der Waals surface area contributed by atoms with Gasteiger partial charge in [0.25, 0.3) is 5.91 Å². The van der Waals surface area contributed by atoms with Crippen LogP contribution in [0.25, 0.3) is 0 Å². The number of carbonyl (C=O) groups excluding carboxylic acids is 2. The van der Waals surface area contributed by atoms with Crippen LogP contribution in [0.4, 0.5) is 0 Å². The smallest absolute Gasteiger partial charge is 0.338 e. The molecule has 2 aromatic rings. The average molecular weight is 475 g/mol. The molecule has 0 spiro atoms. The highest BCUT2D eigenvalue weighted by Gasteiger charge is 2.31. The maximum Gasteiger partial charge on any atom is 0.338 e. The first kappa shape index (κ1) is 24.9. The number of carbonyl (C=O) groups is 2. The second kappa shape index (κ2) is 10.5. The third-order valence-electron chi connectivity index (χ3n) is 5.39. The van der Waals surface area contributed by atoms with E-state index in [9.17, 15) is 18.0 Å². The Kier molecular flexibility index (Phi) is 7.88. The van der Waals surface area contributed by atoms with Gasteiger partial charge in [0.15, 0.2) is 6.10 Å². The van der Waals surface area contributed by atoms with Crippen molar-refractivity contribution in [3.05, 3.63) is 65.2 Å². The molecule has 1 aliphatic heterocycles. The minimum Gasteiger partial charge on any atom is -0.449 e. The standard InChI is InChI=1S/C24H30N2O6S/c1-16-10-11-21(12-22(16)33(29,30)25-13-20-8-6-5-7-9-20)24(28)32-19(4)23(27)26-14-17(2)31-18(3)15-26/h5-12,17-19,25H,13-15H2,1-4H3. The highest BCUT2D eigenvalue weighted by molar-refractivity contribution is 7.89. The van der Waals surface area contributed by atoms with Crippen molar-refractivity contribution in [1.29, 1.82) is 0 Å². The van der Waals surface area contributed by atoms with Crippen LogP contribution < -0.4 is 4.72 Å². The van der Waals surface area contributed by atoms with Crippen molar-refractivity contribution in [3.8, 4) is 0 Å². The van der Waals surface area contributed by atoms with E-state index in [0.717, 1.165) is 5.56 Å². The van der Waals surface area contributed by atoms with E-state index in [1.807, 2.05) is 44.2 Å². The van der Waals surface area contributed by atoms with Crippen molar-refractivity contribution < 1.29 is 27.5 Å². The van der Waals surface area contributed by atoms with Gasteiger partial charge >= 0.3 is 5.97 Å². The summed E-state index contributed by atoms with van der Waals surface area (Å²) >= 11 is 0. The molecule has 3 unspecified atom stereocenters. The van der Waals surface area contributed by atoms with Crippen LogP contribution in [0, 0.1) is 6.92 Å². The summed E-state index contributed by atoms with van der Waals surface area (Å²) in [7, 11) is -3.87. The molecule has 0 saturated carbocycles. The van der Waals surface area contributed by atoms with E-state index in [1.54, 1.807) is 17.9 Å². The number of esters is 1. The molecule has 0 aliphatic carbocycles. The van der Waals surface area contributed by atoms with Crippen LogP contribution in [0.5, 0.6) is 0 Å². The molecule has 1 fully saturated rings. The summed E-state index contributed by atoms with van der Waals surface area (Å²) in [5.41, 5.74) is 1.37. The summed E-state index contributed by atoms with van der Waals surface area (Å²) in [6, 6.07) is 13.5. The number of nitrogens with zero attached hydrogens (tertiary/aromatic N) is 1. The van der Waals surface area contributed by atoms with Crippen molar-refractivity contribution >= 4 is 21.9 Å². The van der Waals surface area contributed by atoms with Gasteiger partial charge in [-0.25, -0.2) is 17.9 Å². The van der Waals surface area contributed by atoms with Crippen molar-refractivity contribution in [1.82, 2.24) is 9.62 Å². The molecule has 178 valence electrons. The molecule has 8 nitrogen and oxygen atoms in total. The fraction of sp³-hybridized carbons (Fsp3) is 0.417. The first-order valence-corrected chi connectivity index (χ1v) is 12.3. The number of amides is 1. The molecule has 3 rings (SSSR count). The zero-order valence-electron chi connectivity index (χ0n) is 19.3. The summed E-state index contributed by atoms with van der Waals surface area (Å²) in [6.07, 6.45) is -1.21. The topological polar surface area (TPSA) is 102 Å². The second-order valence-electron chi connectivity index (χ2n) is 8.34. The van der Waals surface area contributed by atoms with Gasteiger partial charge < -0.3 is 14.4 Å². The lowest BCUT2D eigenvalue weighted by molar-refractivity contribution is -0.151. The molecule has 9 heteroatoms. The van der Waals surface area contributed by atoms with Gasteiger partial charge in [0.1, 0.15) is 0 Å². The molecule has 1 saturated heterocycles. The van der Waals surface area contributed by atoms with Gasteiger partial charge in [-0.05, 0) is 51.0 Å². The SMILES string of the molecule is Cc1ccc(C(=O)OC(C)C(=O)N2CC(C)OC(C)C2)cc1S(=O)(=O)NCc1ccccc1. The quantitative estimate of drug-likeness (QED) is 0.619. The van der Waals surface area contributed by atoms with Crippen LogP contribution in [-0.4, -0.2) is 56.6 Å². The van der Waals surface area contributed by atoms with Gasteiger partial charge in [-0.1, -0.05) is 36.4 Å². The number of rotatable bonds is 7. The average Bonchev–Trinajstić information content (AvgIpc) is 2.77. The molecule has 1 heterocycles. The van der Waals surface area contributed by atoms with E-state index in [0.29, 0.717) is 18.7 Å². The Morgan fingerprint density at radius 2 is 1.76 bits per heavy atom. The summed E-state index contributed by atoms with van der Waals surface area (Å²) in [5.74, 6) is -1.07. The Morgan fingerprint density at radius 1 is 1.12 bits per heavy atom. The van der Waals surface area contributed by atoms with Gasteiger partial charge in [-0.3, -0.25) is 4.79 Å². The molecule has 0 radical (unpaired) electrons. The number of benzene rings is 2. The summed E-state index contributed by atoms with van der Waals surface area (Å²) in [4.78, 5) is 27.1. The molecule has 2 aromatic carbocycles. The number of sulfonamides is 1. The minimum atomic E-state index is -3.87. The third kappa shape index (κ3) is 6.40. The van der Waals surface area contributed by atoms with E-state index in [1.165, 1.54) is 19.1 Å². The van der Waals surface area contributed by atoms with E-state index < -0.39 is 22.1 Å². The number of ether oxygens (including phenoxy) is 2. The molecular formula is C24H30N2O6S. The summed E-state index contributed by atoms with van der Waals surface area (Å²) < 4.78 is 39.3. The second-order valence-corrected chi connectivity index (χ2v) is 10.1. The number of morpholine rings is 1. The van der Waals surface area contributed by atoms with Gasteiger partial charge in [-0.15, -0.1) is 0 Å². The zero-order chi connectivity index (χ0) is 24.2. The fourth-order valence-corrected chi connectivity index (χ4v) is 5.05. The number of hydrogen-bond donors (Lipinski definition) is 1. The molecule has 3 atom stereocenters. The van der Waals surface area contributed by atoms with Crippen LogP contribution >= 0.6 is 0 Å². The predicted molar refractivity (Wildman–Crippen MR) is 123 cm³/mol. The van der Waals surface area contributed by atoms with Crippen LogP contribution in [0.2, 0.25) is 0 Å². The normalized spacial score (nSPS) is 19.7. The molecule has 1 aliphatic rings. The lowest BCUT2D eigenvalue weighted by Gasteiger charge is -2.36. The molecule has 33 heavy (non-hydrogen) atoms. The molecular weight excluding hydrogens is 444 g/mol. The van der Waals surface area contributed by atoms with E-state index in [-0.39, 0.29) is 35.1 Å². The van der Waals surface area contributed by atoms with E-state index in [4.69, 9.17) is 9.47 Å².